The lowest BCUT2D eigenvalue weighted by atomic mass is 10.2. The molecule has 1 atom stereocenters. The summed E-state index contributed by atoms with van der Waals surface area (Å²) in [6.07, 6.45) is 2.82. The van der Waals surface area contributed by atoms with E-state index in [0.717, 1.165) is 36.5 Å². The van der Waals surface area contributed by atoms with E-state index in [-0.39, 0.29) is 6.04 Å². The van der Waals surface area contributed by atoms with Crippen LogP contribution in [0.2, 0.25) is 5.15 Å². The first-order chi connectivity index (χ1) is 8.62. The Hall–Kier alpha value is -0.870. The summed E-state index contributed by atoms with van der Waals surface area (Å²) in [5.41, 5.74) is 0.895. The predicted octanol–water partition coefficient (Wildman–Crippen LogP) is 3.23. The Kier molecular flexibility index (Phi) is 6.36. The third-order valence-electron chi connectivity index (χ3n) is 2.81. The van der Waals surface area contributed by atoms with Gasteiger partial charge in [-0.2, -0.15) is 0 Å². The first-order valence-electron chi connectivity index (χ1n) is 6.40. The van der Waals surface area contributed by atoms with Crippen LogP contribution in [0.25, 0.3) is 0 Å². The highest BCUT2D eigenvalue weighted by molar-refractivity contribution is 6.30. The normalized spacial score (nSPS) is 12.5. The van der Waals surface area contributed by atoms with Crippen molar-refractivity contribution in [2.24, 2.45) is 0 Å². The average molecular weight is 272 g/mol. The monoisotopic (exact) mass is 271 g/mol. The van der Waals surface area contributed by atoms with Gasteiger partial charge in [0, 0.05) is 19.1 Å². The van der Waals surface area contributed by atoms with Crippen molar-refractivity contribution in [3.63, 3.8) is 0 Å². The van der Waals surface area contributed by atoms with Crippen LogP contribution < -0.4 is 5.32 Å². The van der Waals surface area contributed by atoms with Crippen molar-refractivity contribution in [2.75, 3.05) is 19.0 Å². The largest absolute Gasteiger partial charge is 0.383 e. The molecule has 0 fully saturated rings. The minimum absolute atomic E-state index is 0.245. The fourth-order valence-corrected chi connectivity index (χ4v) is 1.85. The average Bonchev–Trinajstić information content (AvgIpc) is 2.35. The molecule has 1 rings (SSSR count). The summed E-state index contributed by atoms with van der Waals surface area (Å²) in [6.45, 7) is 6.80. The second-order valence-corrected chi connectivity index (χ2v) is 4.72. The third kappa shape index (κ3) is 4.10. The lowest BCUT2D eigenvalue weighted by molar-refractivity contribution is 0.184. The molecule has 0 radical (unpaired) electrons. The van der Waals surface area contributed by atoms with Gasteiger partial charge in [-0.3, -0.25) is 0 Å². The number of nitrogens with one attached hydrogen (secondary N) is 1. The van der Waals surface area contributed by atoms with Crippen LogP contribution in [0.5, 0.6) is 0 Å². The SMILES string of the molecule is CCCc1nc(Cl)c(C)c(NC(CC)COC)n1. The van der Waals surface area contributed by atoms with Gasteiger partial charge in [-0.05, 0) is 19.8 Å². The van der Waals surface area contributed by atoms with Gasteiger partial charge in [0.1, 0.15) is 16.8 Å². The highest BCUT2D eigenvalue weighted by Gasteiger charge is 2.12. The van der Waals surface area contributed by atoms with Gasteiger partial charge in [-0.25, -0.2) is 9.97 Å². The van der Waals surface area contributed by atoms with Crippen molar-refractivity contribution in [3.8, 4) is 0 Å². The van der Waals surface area contributed by atoms with Crippen LogP contribution in [0.4, 0.5) is 5.82 Å². The lowest BCUT2D eigenvalue weighted by Crippen LogP contribution is -2.25. The first kappa shape index (κ1) is 15.2. The van der Waals surface area contributed by atoms with E-state index in [1.54, 1.807) is 7.11 Å². The predicted molar refractivity (Wildman–Crippen MR) is 75.4 cm³/mol. The summed E-state index contributed by atoms with van der Waals surface area (Å²) in [6, 6.07) is 0.245. The van der Waals surface area contributed by atoms with Gasteiger partial charge in [-0.1, -0.05) is 25.4 Å². The van der Waals surface area contributed by atoms with Crippen molar-refractivity contribution < 1.29 is 4.74 Å². The van der Waals surface area contributed by atoms with E-state index in [2.05, 4.69) is 29.1 Å². The molecule has 18 heavy (non-hydrogen) atoms. The van der Waals surface area contributed by atoms with Crippen LogP contribution in [0, 0.1) is 6.92 Å². The number of hydrogen-bond acceptors (Lipinski definition) is 4. The maximum absolute atomic E-state index is 6.14. The van der Waals surface area contributed by atoms with E-state index in [1.807, 2.05) is 6.92 Å². The molecule has 102 valence electrons. The molecule has 0 aliphatic carbocycles. The van der Waals surface area contributed by atoms with Gasteiger partial charge < -0.3 is 10.1 Å². The second-order valence-electron chi connectivity index (χ2n) is 4.36. The number of aryl methyl sites for hydroxylation is 1. The molecule has 4 nitrogen and oxygen atoms in total. The Balaban J connectivity index is 2.91. The number of halogens is 1. The minimum atomic E-state index is 0.245. The molecular formula is C13H22ClN3O. The topological polar surface area (TPSA) is 47.0 Å². The lowest BCUT2D eigenvalue weighted by Gasteiger charge is -2.18. The second kappa shape index (κ2) is 7.54. The van der Waals surface area contributed by atoms with Gasteiger partial charge in [0.25, 0.3) is 0 Å². The number of aromatic nitrogens is 2. The molecular weight excluding hydrogens is 250 g/mol. The summed E-state index contributed by atoms with van der Waals surface area (Å²) in [5.74, 6) is 1.62. The number of hydrogen-bond donors (Lipinski definition) is 1. The van der Waals surface area contributed by atoms with Crippen molar-refractivity contribution in [3.05, 3.63) is 16.5 Å². The van der Waals surface area contributed by atoms with Gasteiger partial charge >= 0.3 is 0 Å². The fraction of sp³-hybridized carbons (Fsp3) is 0.692. The Morgan fingerprint density at radius 1 is 1.33 bits per heavy atom. The molecule has 0 saturated heterocycles. The van der Waals surface area contributed by atoms with Crippen LogP contribution in [-0.2, 0) is 11.2 Å². The van der Waals surface area contributed by atoms with E-state index in [4.69, 9.17) is 16.3 Å². The molecule has 1 heterocycles. The third-order valence-corrected chi connectivity index (χ3v) is 3.18. The molecule has 1 aromatic rings. The minimum Gasteiger partial charge on any atom is -0.383 e. The van der Waals surface area contributed by atoms with Crippen LogP contribution in [0.1, 0.15) is 38.1 Å². The standard InChI is InChI=1S/C13H22ClN3O/c1-5-7-11-16-12(14)9(3)13(17-11)15-10(6-2)8-18-4/h10H,5-8H2,1-4H3,(H,15,16,17). The highest BCUT2D eigenvalue weighted by Crippen LogP contribution is 2.21. The number of ether oxygens (including phenoxy) is 1. The van der Waals surface area contributed by atoms with E-state index in [9.17, 15) is 0 Å². The van der Waals surface area contributed by atoms with E-state index in [0.29, 0.717) is 11.8 Å². The Labute approximate surface area is 114 Å². The molecule has 1 N–H and O–H groups in total. The number of methoxy groups -OCH3 is 1. The molecule has 0 spiro atoms. The molecule has 0 saturated carbocycles. The van der Waals surface area contributed by atoms with Crippen LogP contribution in [0.15, 0.2) is 0 Å². The summed E-state index contributed by atoms with van der Waals surface area (Å²) in [5, 5.41) is 3.91. The zero-order valence-corrected chi connectivity index (χ0v) is 12.3. The quantitative estimate of drug-likeness (QED) is 0.774. The summed E-state index contributed by atoms with van der Waals surface area (Å²) < 4.78 is 5.18. The van der Waals surface area contributed by atoms with Crippen LogP contribution in [0.3, 0.4) is 0 Å². The molecule has 1 unspecified atom stereocenters. The van der Waals surface area contributed by atoms with E-state index in [1.165, 1.54) is 0 Å². The molecule has 1 aromatic heterocycles. The summed E-state index contributed by atoms with van der Waals surface area (Å²) in [4.78, 5) is 8.82. The maximum atomic E-state index is 6.14. The van der Waals surface area contributed by atoms with Crippen molar-refractivity contribution in [1.82, 2.24) is 9.97 Å². The maximum Gasteiger partial charge on any atom is 0.137 e. The zero-order chi connectivity index (χ0) is 13.5. The summed E-state index contributed by atoms with van der Waals surface area (Å²) >= 11 is 6.14. The number of rotatable bonds is 7. The highest BCUT2D eigenvalue weighted by atomic mass is 35.5. The first-order valence-corrected chi connectivity index (χ1v) is 6.78. The molecule has 0 aromatic carbocycles. The number of anilines is 1. The Morgan fingerprint density at radius 3 is 2.61 bits per heavy atom. The van der Waals surface area contributed by atoms with Gasteiger partial charge in [0.15, 0.2) is 0 Å². The Bertz CT molecular complexity index is 385. The van der Waals surface area contributed by atoms with Crippen molar-refractivity contribution >= 4 is 17.4 Å². The van der Waals surface area contributed by atoms with Crippen LogP contribution >= 0.6 is 11.6 Å². The van der Waals surface area contributed by atoms with E-state index < -0.39 is 0 Å². The van der Waals surface area contributed by atoms with Gasteiger partial charge in [0.05, 0.1) is 12.6 Å². The van der Waals surface area contributed by atoms with E-state index >= 15 is 0 Å². The summed E-state index contributed by atoms with van der Waals surface area (Å²) in [7, 11) is 1.70. The molecule has 0 aliphatic heterocycles. The Morgan fingerprint density at radius 2 is 2.06 bits per heavy atom. The smallest absolute Gasteiger partial charge is 0.137 e. The zero-order valence-electron chi connectivity index (χ0n) is 11.6. The fourth-order valence-electron chi connectivity index (χ4n) is 1.66. The van der Waals surface area contributed by atoms with Crippen LogP contribution in [-0.4, -0.2) is 29.7 Å². The molecule has 0 amide bonds. The van der Waals surface area contributed by atoms with Crippen molar-refractivity contribution in [2.45, 2.75) is 46.1 Å². The van der Waals surface area contributed by atoms with Gasteiger partial charge in [-0.15, -0.1) is 0 Å². The van der Waals surface area contributed by atoms with Gasteiger partial charge in [0.2, 0.25) is 0 Å². The number of nitrogens with zero attached hydrogens (tertiary/aromatic N) is 2. The molecule has 0 aliphatic rings. The van der Waals surface area contributed by atoms with Crippen molar-refractivity contribution in [1.29, 1.82) is 0 Å². The molecule has 5 heteroatoms. The molecule has 0 bridgehead atoms.